The summed E-state index contributed by atoms with van der Waals surface area (Å²) >= 11 is 0. The lowest BCUT2D eigenvalue weighted by Crippen LogP contribution is -2.05. The fraction of sp³-hybridized carbons (Fsp3) is 0.250. The highest BCUT2D eigenvalue weighted by molar-refractivity contribution is 5.60. The van der Waals surface area contributed by atoms with Crippen molar-refractivity contribution in [3.05, 3.63) is 17.3 Å². The topological polar surface area (TPSA) is 88.7 Å². The molecule has 0 aliphatic rings. The Kier molecular flexibility index (Phi) is 2.82. The summed E-state index contributed by atoms with van der Waals surface area (Å²) in [5.41, 5.74) is 10.4. The van der Waals surface area contributed by atoms with E-state index in [1.165, 1.54) is 6.07 Å². The van der Waals surface area contributed by atoms with E-state index in [1.807, 2.05) is 0 Å². The fourth-order valence-electron chi connectivity index (χ4n) is 1.02. The highest BCUT2D eigenvalue weighted by atomic mass is 19.3. The van der Waals surface area contributed by atoms with Gasteiger partial charge in [0.2, 0.25) is 0 Å². The van der Waals surface area contributed by atoms with Crippen molar-refractivity contribution in [2.45, 2.75) is 12.8 Å². The molecule has 0 bridgehead atoms. The fourth-order valence-corrected chi connectivity index (χ4v) is 1.02. The second-order valence-electron chi connectivity index (χ2n) is 2.64. The number of pyridine rings is 1. The highest BCUT2D eigenvalue weighted by Crippen LogP contribution is 2.25. The van der Waals surface area contributed by atoms with Gasteiger partial charge in [0.15, 0.2) is 0 Å². The highest BCUT2D eigenvalue weighted by Gasteiger charge is 2.16. The second kappa shape index (κ2) is 3.87. The summed E-state index contributed by atoms with van der Waals surface area (Å²) in [4.78, 5) is 3.44. The average molecular weight is 198 g/mol. The van der Waals surface area contributed by atoms with Crippen LogP contribution in [0.2, 0.25) is 0 Å². The molecule has 0 fully saturated rings. The van der Waals surface area contributed by atoms with Gasteiger partial charge in [0.25, 0.3) is 6.43 Å². The largest absolute Gasteiger partial charge is 0.396 e. The van der Waals surface area contributed by atoms with Crippen LogP contribution < -0.4 is 11.5 Å². The summed E-state index contributed by atoms with van der Waals surface area (Å²) in [7, 11) is 0. The summed E-state index contributed by atoms with van der Waals surface area (Å²) in [6.45, 7) is 0. The predicted octanol–water partition coefficient (Wildman–Crippen LogP) is 1.25. The van der Waals surface area contributed by atoms with E-state index < -0.39 is 12.1 Å². The van der Waals surface area contributed by atoms with Crippen LogP contribution in [0.1, 0.15) is 17.7 Å². The van der Waals surface area contributed by atoms with Crippen LogP contribution in [0.4, 0.5) is 20.3 Å². The summed E-state index contributed by atoms with van der Waals surface area (Å²) in [6, 6.07) is 3.01. The van der Waals surface area contributed by atoms with Crippen LogP contribution in [-0.4, -0.2) is 4.98 Å². The molecule has 1 aromatic heterocycles. The van der Waals surface area contributed by atoms with Crippen LogP contribution in [0.5, 0.6) is 0 Å². The lowest BCUT2D eigenvalue weighted by atomic mass is 10.1. The third-order valence-electron chi connectivity index (χ3n) is 1.67. The number of hydrogen-bond acceptors (Lipinski definition) is 4. The molecule has 1 heterocycles. The minimum Gasteiger partial charge on any atom is -0.396 e. The molecule has 0 radical (unpaired) electrons. The smallest absolute Gasteiger partial charge is 0.280 e. The quantitative estimate of drug-likeness (QED) is 0.748. The number of halogens is 2. The van der Waals surface area contributed by atoms with Gasteiger partial charge < -0.3 is 11.5 Å². The molecule has 0 atom stereocenters. The monoisotopic (exact) mass is 198 g/mol. The van der Waals surface area contributed by atoms with Crippen LogP contribution in [0.15, 0.2) is 6.07 Å². The first kappa shape index (κ1) is 10.2. The van der Waals surface area contributed by atoms with Gasteiger partial charge in [0, 0.05) is 0 Å². The lowest BCUT2D eigenvalue weighted by Gasteiger charge is -2.07. The van der Waals surface area contributed by atoms with Gasteiger partial charge in [-0.15, -0.1) is 0 Å². The van der Waals surface area contributed by atoms with Crippen molar-refractivity contribution >= 4 is 11.5 Å². The second-order valence-corrected chi connectivity index (χ2v) is 2.64. The van der Waals surface area contributed by atoms with E-state index in [0.29, 0.717) is 0 Å². The molecule has 6 heteroatoms. The molecular formula is C8H8F2N4. The summed E-state index contributed by atoms with van der Waals surface area (Å²) in [5, 5.41) is 8.39. The molecular weight excluding hydrogens is 190 g/mol. The van der Waals surface area contributed by atoms with Gasteiger partial charge in [0.1, 0.15) is 11.5 Å². The molecule has 0 amide bonds. The molecule has 1 rings (SSSR count). The number of alkyl halides is 2. The maximum Gasteiger partial charge on any atom is 0.280 e. The van der Waals surface area contributed by atoms with Crippen LogP contribution in [0.3, 0.4) is 0 Å². The number of nitriles is 1. The maximum absolute atomic E-state index is 12.4. The van der Waals surface area contributed by atoms with E-state index in [4.69, 9.17) is 16.7 Å². The summed E-state index contributed by atoms with van der Waals surface area (Å²) in [6.07, 6.45) is -2.90. The van der Waals surface area contributed by atoms with E-state index in [0.717, 1.165) is 0 Å². The third-order valence-corrected chi connectivity index (χ3v) is 1.67. The number of nitrogen functional groups attached to an aromatic ring is 2. The number of anilines is 2. The number of nitrogens with two attached hydrogens (primary N) is 2. The zero-order chi connectivity index (χ0) is 10.7. The van der Waals surface area contributed by atoms with Crippen molar-refractivity contribution in [3.63, 3.8) is 0 Å². The molecule has 4 nitrogen and oxygen atoms in total. The van der Waals surface area contributed by atoms with E-state index in [1.54, 1.807) is 6.07 Å². The normalized spacial score (nSPS) is 10.1. The Balaban J connectivity index is 3.25. The number of hydrogen-bond donors (Lipinski definition) is 2. The third kappa shape index (κ3) is 1.88. The van der Waals surface area contributed by atoms with E-state index in [2.05, 4.69) is 4.98 Å². The molecule has 0 aromatic carbocycles. The maximum atomic E-state index is 12.4. The van der Waals surface area contributed by atoms with Gasteiger partial charge >= 0.3 is 0 Å². The van der Waals surface area contributed by atoms with Crippen molar-refractivity contribution in [1.29, 1.82) is 5.26 Å². The van der Waals surface area contributed by atoms with Gasteiger partial charge in [-0.3, -0.25) is 0 Å². The van der Waals surface area contributed by atoms with Crippen molar-refractivity contribution in [3.8, 4) is 6.07 Å². The Hall–Kier alpha value is -1.90. The molecule has 14 heavy (non-hydrogen) atoms. The molecule has 4 N–H and O–H groups in total. The minimum atomic E-state index is -2.75. The first-order chi connectivity index (χ1) is 6.56. The van der Waals surface area contributed by atoms with Gasteiger partial charge in [-0.25, -0.2) is 13.8 Å². The van der Waals surface area contributed by atoms with Gasteiger partial charge in [0.05, 0.1) is 18.2 Å². The van der Waals surface area contributed by atoms with Gasteiger partial charge in [-0.05, 0) is 11.6 Å². The van der Waals surface area contributed by atoms with Crippen LogP contribution in [0.25, 0.3) is 0 Å². The average Bonchev–Trinajstić information content (AvgIpc) is 2.11. The van der Waals surface area contributed by atoms with Crippen molar-refractivity contribution in [1.82, 2.24) is 4.98 Å². The molecule has 0 saturated carbocycles. The summed E-state index contributed by atoms with van der Waals surface area (Å²) < 4.78 is 24.8. The van der Waals surface area contributed by atoms with Crippen molar-refractivity contribution < 1.29 is 8.78 Å². The SMILES string of the molecule is N#CCc1cc(N)c(N)nc1C(F)F. The van der Waals surface area contributed by atoms with E-state index in [9.17, 15) is 8.78 Å². The van der Waals surface area contributed by atoms with E-state index in [-0.39, 0.29) is 23.5 Å². The van der Waals surface area contributed by atoms with Gasteiger partial charge in [-0.1, -0.05) is 0 Å². The van der Waals surface area contributed by atoms with Crippen molar-refractivity contribution in [2.24, 2.45) is 0 Å². The molecule has 74 valence electrons. The Morgan fingerprint density at radius 3 is 2.64 bits per heavy atom. The zero-order valence-electron chi connectivity index (χ0n) is 7.17. The molecule has 0 aliphatic heterocycles. The molecule has 0 spiro atoms. The number of aromatic nitrogens is 1. The number of rotatable bonds is 2. The van der Waals surface area contributed by atoms with E-state index >= 15 is 0 Å². The lowest BCUT2D eigenvalue weighted by molar-refractivity contribution is 0.145. The molecule has 0 saturated heterocycles. The van der Waals surface area contributed by atoms with Crippen molar-refractivity contribution in [2.75, 3.05) is 11.5 Å². The van der Waals surface area contributed by atoms with Crippen LogP contribution in [-0.2, 0) is 6.42 Å². The predicted molar refractivity (Wildman–Crippen MR) is 47.3 cm³/mol. The first-order valence-electron chi connectivity index (χ1n) is 3.76. The summed E-state index contributed by atoms with van der Waals surface area (Å²) in [5.74, 6) is -0.137. The Morgan fingerprint density at radius 1 is 1.50 bits per heavy atom. The Bertz CT molecular complexity index is 384. The number of nitrogens with zero attached hydrogens (tertiary/aromatic N) is 2. The molecule has 1 aromatic rings. The Labute approximate surface area is 79.1 Å². The minimum absolute atomic E-state index is 0.111. The Morgan fingerprint density at radius 2 is 2.14 bits per heavy atom. The standard InChI is InChI=1S/C8H8F2N4/c9-7(10)6-4(1-2-11)3-5(12)8(13)14-6/h3,7H,1,12H2,(H2,13,14). The molecule has 0 aliphatic carbocycles. The molecule has 0 unspecified atom stereocenters. The zero-order valence-corrected chi connectivity index (χ0v) is 7.17. The first-order valence-corrected chi connectivity index (χ1v) is 3.76. The van der Waals surface area contributed by atoms with Gasteiger partial charge in [-0.2, -0.15) is 5.26 Å². The van der Waals surface area contributed by atoms with Crippen LogP contribution in [0, 0.1) is 11.3 Å². The van der Waals surface area contributed by atoms with Crippen LogP contribution >= 0.6 is 0 Å².